The average molecular weight is 824 g/mol. The predicted molar refractivity (Wildman–Crippen MR) is 209 cm³/mol. The van der Waals surface area contributed by atoms with Gasteiger partial charge in [0.1, 0.15) is 6.61 Å². The minimum Gasteiger partial charge on any atom is -0.463 e. The van der Waals surface area contributed by atoms with E-state index in [0.29, 0.717) is 158 Å². The molecule has 0 atom stereocenters. The van der Waals surface area contributed by atoms with E-state index in [0.717, 1.165) is 17.7 Å². The Kier molecular flexibility index (Phi) is 40.3. The lowest BCUT2D eigenvalue weighted by Gasteiger charge is -2.13. The van der Waals surface area contributed by atoms with Crippen LogP contribution in [0.25, 0.3) is 0 Å². The molecule has 0 aromatic carbocycles. The number of hydrogen-bond donors (Lipinski definition) is 0. The van der Waals surface area contributed by atoms with Crippen LogP contribution in [0.2, 0.25) is 0 Å². The van der Waals surface area contributed by atoms with Crippen molar-refractivity contribution in [2.45, 2.75) is 58.3 Å². The van der Waals surface area contributed by atoms with Crippen LogP contribution in [0.4, 0.5) is 0 Å². The van der Waals surface area contributed by atoms with E-state index in [-0.39, 0.29) is 37.5 Å². The predicted octanol–water partition coefficient (Wildman–Crippen LogP) is 2.79. The van der Waals surface area contributed by atoms with Gasteiger partial charge in [0.05, 0.1) is 165 Å². The van der Waals surface area contributed by atoms with Crippen LogP contribution in [0, 0.1) is 0 Å². The summed E-state index contributed by atoms with van der Waals surface area (Å²) in [4.78, 5) is 35.7. The normalized spacial score (nSPS) is 12.8. The summed E-state index contributed by atoms with van der Waals surface area (Å²) in [6.45, 7) is 13.6. The zero-order chi connectivity index (χ0) is 41.0. The first kappa shape index (κ1) is 52.9. The van der Waals surface area contributed by atoms with E-state index in [1.807, 2.05) is 0 Å². The third-order valence-corrected chi connectivity index (χ3v) is 7.93. The van der Waals surface area contributed by atoms with Gasteiger partial charge in [0.25, 0.3) is 11.8 Å². The number of amides is 2. The highest BCUT2D eigenvalue weighted by atomic mass is 16.6. The van der Waals surface area contributed by atoms with Gasteiger partial charge in [-0.2, -0.15) is 0 Å². The monoisotopic (exact) mass is 823 g/mol. The second kappa shape index (κ2) is 43.4. The van der Waals surface area contributed by atoms with E-state index < -0.39 is 0 Å². The first-order valence-corrected chi connectivity index (χ1v) is 20.8. The van der Waals surface area contributed by atoms with Gasteiger partial charge in [0.2, 0.25) is 0 Å². The van der Waals surface area contributed by atoms with Crippen molar-refractivity contribution in [1.29, 1.82) is 0 Å². The molecule has 1 rings (SSSR count). The van der Waals surface area contributed by atoms with Crippen LogP contribution in [0.1, 0.15) is 58.3 Å². The molecule has 0 N–H and O–H groups in total. The van der Waals surface area contributed by atoms with E-state index in [1.54, 1.807) is 0 Å². The maximum absolute atomic E-state index is 11.7. The molecule has 1 heterocycles. The first-order valence-electron chi connectivity index (χ1n) is 20.8. The van der Waals surface area contributed by atoms with Crippen molar-refractivity contribution in [2.24, 2.45) is 0 Å². The largest absolute Gasteiger partial charge is 0.463 e. The zero-order valence-corrected chi connectivity index (χ0v) is 34.7. The molecular weight excluding hydrogens is 750 g/mol. The molecule has 0 aromatic heterocycles. The van der Waals surface area contributed by atoms with Crippen LogP contribution in [0.5, 0.6) is 0 Å². The molecule has 0 unspecified atom stereocenters. The van der Waals surface area contributed by atoms with Gasteiger partial charge in [0, 0.05) is 18.6 Å². The lowest BCUT2D eigenvalue weighted by atomic mass is 10.1. The Morgan fingerprint density at radius 3 is 0.965 bits per heavy atom. The lowest BCUT2D eigenvalue weighted by Crippen LogP contribution is -2.33. The molecule has 2 amide bonds. The molecule has 0 saturated heterocycles. The molecular formula is C40H73NO16. The maximum Gasteiger partial charge on any atom is 0.305 e. The number of unbranched alkanes of at least 4 members (excludes halogenated alkanes) is 6. The number of imide groups is 1. The molecule has 0 spiro atoms. The van der Waals surface area contributed by atoms with Crippen LogP contribution in [-0.2, 0) is 76.0 Å². The molecule has 17 heteroatoms. The van der Waals surface area contributed by atoms with Gasteiger partial charge in [-0.1, -0.05) is 45.4 Å². The van der Waals surface area contributed by atoms with E-state index in [1.165, 1.54) is 44.3 Å². The van der Waals surface area contributed by atoms with Crippen LogP contribution in [-0.4, -0.2) is 194 Å². The molecule has 0 bridgehead atoms. The third-order valence-electron chi connectivity index (χ3n) is 7.93. The molecule has 0 saturated carbocycles. The van der Waals surface area contributed by atoms with Crippen molar-refractivity contribution in [1.82, 2.24) is 4.90 Å². The molecule has 1 aliphatic heterocycles. The highest BCUT2D eigenvalue weighted by Gasteiger charge is 2.22. The van der Waals surface area contributed by atoms with Crippen LogP contribution in [0.3, 0.4) is 0 Å². The fraction of sp³-hybridized carbons (Fsp3) is 0.875. The van der Waals surface area contributed by atoms with Crippen molar-refractivity contribution in [3.8, 4) is 0 Å². The number of carbonyl (C=O) groups is 3. The second-order valence-corrected chi connectivity index (χ2v) is 12.6. The molecule has 0 fully saturated rings. The smallest absolute Gasteiger partial charge is 0.305 e. The average Bonchev–Trinajstić information content (AvgIpc) is 3.53. The molecule has 334 valence electrons. The molecule has 0 aromatic rings. The van der Waals surface area contributed by atoms with Crippen molar-refractivity contribution in [3.05, 3.63) is 12.2 Å². The van der Waals surface area contributed by atoms with E-state index >= 15 is 0 Å². The van der Waals surface area contributed by atoms with Gasteiger partial charge in [-0.25, -0.2) is 0 Å². The Labute approximate surface area is 340 Å². The summed E-state index contributed by atoms with van der Waals surface area (Å²) in [5.41, 5.74) is 0. The van der Waals surface area contributed by atoms with Crippen molar-refractivity contribution < 1.29 is 76.0 Å². The van der Waals surface area contributed by atoms with Crippen LogP contribution < -0.4 is 0 Å². The summed E-state index contributed by atoms with van der Waals surface area (Å²) < 4.78 is 70.7. The van der Waals surface area contributed by atoms with E-state index in [2.05, 4.69) is 6.92 Å². The Hall–Kier alpha value is -2.13. The van der Waals surface area contributed by atoms with Gasteiger partial charge in [-0.05, 0) is 6.42 Å². The second-order valence-electron chi connectivity index (χ2n) is 12.6. The fourth-order valence-corrected chi connectivity index (χ4v) is 4.84. The number of ether oxygens (including phenoxy) is 13. The van der Waals surface area contributed by atoms with Crippen LogP contribution in [0.15, 0.2) is 12.2 Å². The third kappa shape index (κ3) is 37.9. The molecule has 1 aliphatic rings. The van der Waals surface area contributed by atoms with Gasteiger partial charge >= 0.3 is 5.97 Å². The fourth-order valence-electron chi connectivity index (χ4n) is 4.84. The number of esters is 1. The maximum atomic E-state index is 11.7. The van der Waals surface area contributed by atoms with Gasteiger partial charge in [-0.15, -0.1) is 0 Å². The van der Waals surface area contributed by atoms with Gasteiger partial charge < -0.3 is 61.6 Å². The standard InChI is InChI=1S/C40H73NO16/c1-2-3-4-5-6-7-8-9-40(44)57-37-36-56-35-34-55-33-32-54-31-30-53-29-28-52-27-26-51-25-24-50-23-22-49-21-20-48-19-18-47-17-16-46-15-14-45-13-12-41-38(42)10-11-39(41)43/h10-11H,2-9,12-37H2,1H3. The molecule has 57 heavy (non-hydrogen) atoms. The minimum absolute atomic E-state index is 0.147. The minimum atomic E-state index is -0.309. The number of rotatable bonds is 47. The number of nitrogens with zero attached hydrogens (tertiary/aromatic N) is 1. The SMILES string of the molecule is CCCCCCCCCC(=O)OCCOCCOCCOCCOCCOCCOCCOCCOCCOCCOCCOCCOCCN1C(=O)C=CC1=O. The Bertz CT molecular complexity index is 925. The Morgan fingerprint density at radius 1 is 0.386 bits per heavy atom. The summed E-state index contributed by atoms with van der Waals surface area (Å²) in [6, 6.07) is 0. The van der Waals surface area contributed by atoms with Gasteiger partial charge in [-0.3, -0.25) is 19.3 Å². The lowest BCUT2D eigenvalue weighted by molar-refractivity contribution is -0.145. The topological polar surface area (TPSA) is 174 Å². The van der Waals surface area contributed by atoms with E-state index in [9.17, 15) is 14.4 Å². The summed E-state index contributed by atoms with van der Waals surface area (Å²) in [7, 11) is 0. The highest BCUT2D eigenvalue weighted by Crippen LogP contribution is 2.09. The molecule has 17 nitrogen and oxygen atoms in total. The van der Waals surface area contributed by atoms with Crippen molar-refractivity contribution in [2.75, 3.05) is 172 Å². The summed E-state index contributed by atoms with van der Waals surface area (Å²) in [5, 5.41) is 0. The summed E-state index contributed by atoms with van der Waals surface area (Å²) in [6.07, 6.45) is 11.3. The molecule has 0 aliphatic carbocycles. The van der Waals surface area contributed by atoms with Crippen molar-refractivity contribution >= 4 is 17.8 Å². The summed E-state index contributed by atoms with van der Waals surface area (Å²) >= 11 is 0. The van der Waals surface area contributed by atoms with Crippen LogP contribution >= 0.6 is 0 Å². The number of hydrogen-bond acceptors (Lipinski definition) is 16. The van der Waals surface area contributed by atoms with E-state index in [4.69, 9.17) is 61.6 Å². The molecule has 0 radical (unpaired) electrons. The first-order chi connectivity index (χ1) is 28.1. The Morgan fingerprint density at radius 2 is 0.649 bits per heavy atom. The quantitative estimate of drug-likeness (QED) is 0.0498. The van der Waals surface area contributed by atoms with Crippen molar-refractivity contribution in [3.63, 3.8) is 0 Å². The summed E-state index contributed by atoms with van der Waals surface area (Å²) in [5.74, 6) is -0.766. The van der Waals surface area contributed by atoms with Gasteiger partial charge in [0.15, 0.2) is 0 Å². The highest BCUT2D eigenvalue weighted by molar-refractivity contribution is 6.12. The Balaban J connectivity index is 1.62. The zero-order valence-electron chi connectivity index (χ0n) is 34.7. The number of carbonyl (C=O) groups excluding carboxylic acids is 3.